The third-order valence-corrected chi connectivity index (χ3v) is 7.15. The Bertz CT molecular complexity index is 1040. The van der Waals surface area contributed by atoms with Crippen LogP contribution in [0.5, 0.6) is 0 Å². The molecule has 1 heterocycles. The van der Waals surface area contributed by atoms with E-state index in [2.05, 4.69) is 0 Å². The number of amides is 2. The lowest BCUT2D eigenvalue weighted by Gasteiger charge is -2.15. The second-order valence-electron chi connectivity index (χ2n) is 6.45. The average Bonchev–Trinajstić information content (AvgIpc) is 2.96. The first-order valence-corrected chi connectivity index (χ1v) is 11.4. The lowest BCUT2D eigenvalue weighted by atomic mass is 10.2. The van der Waals surface area contributed by atoms with Crippen molar-refractivity contribution in [1.29, 1.82) is 0 Å². The number of hydrogen-bond donors (Lipinski definition) is 0. The van der Waals surface area contributed by atoms with Crippen LogP contribution < -0.4 is 0 Å². The summed E-state index contributed by atoms with van der Waals surface area (Å²) >= 11 is 14.5. The minimum absolute atomic E-state index is 0.230. The van der Waals surface area contributed by atoms with Gasteiger partial charge in [-0.2, -0.15) is 0 Å². The van der Waals surface area contributed by atoms with Gasteiger partial charge in [0.05, 0.1) is 16.4 Å². The van der Waals surface area contributed by atoms with E-state index in [1.165, 1.54) is 28.4 Å². The highest BCUT2D eigenvalue weighted by Gasteiger charge is 2.39. The molecule has 0 atom stereocenters. The third kappa shape index (κ3) is 4.76. The molecular weight excluding hydrogens is 457 g/mol. The van der Waals surface area contributed by atoms with Crippen molar-refractivity contribution < 1.29 is 9.59 Å². The zero-order chi connectivity index (χ0) is 21.1. The molecule has 7 heteroatoms. The Balaban J connectivity index is 1.67. The minimum Gasteiger partial charge on any atom is -0.269 e. The number of rotatable bonds is 6. The van der Waals surface area contributed by atoms with Crippen molar-refractivity contribution in [2.45, 2.75) is 16.3 Å². The third-order valence-electron chi connectivity index (χ3n) is 4.34. The van der Waals surface area contributed by atoms with E-state index >= 15 is 0 Å². The first-order valence-electron chi connectivity index (χ1n) is 9.02. The molecule has 0 saturated heterocycles. The Morgan fingerprint density at radius 3 is 1.50 bits per heavy atom. The van der Waals surface area contributed by atoms with Crippen molar-refractivity contribution in [2.24, 2.45) is 0 Å². The molecule has 3 aromatic carbocycles. The van der Waals surface area contributed by atoms with Crippen molar-refractivity contribution in [3.8, 4) is 0 Å². The van der Waals surface area contributed by atoms with Gasteiger partial charge in [0, 0.05) is 19.8 Å². The molecule has 0 aromatic heterocycles. The van der Waals surface area contributed by atoms with Crippen LogP contribution in [0.1, 0.15) is 5.56 Å². The highest BCUT2D eigenvalue weighted by atomic mass is 35.5. The van der Waals surface area contributed by atoms with E-state index < -0.39 is 0 Å². The molecule has 0 bridgehead atoms. The zero-order valence-corrected chi connectivity index (χ0v) is 18.7. The Morgan fingerprint density at radius 1 is 0.633 bits per heavy atom. The Kier molecular flexibility index (Phi) is 6.54. The fraction of sp³-hybridized carbons (Fsp3) is 0.0435. The summed E-state index contributed by atoms with van der Waals surface area (Å²) in [4.78, 5) is 30.2. The lowest BCUT2D eigenvalue weighted by molar-refractivity contribution is -0.137. The molecule has 2 amide bonds. The van der Waals surface area contributed by atoms with Gasteiger partial charge in [-0.15, -0.1) is 0 Å². The lowest BCUT2D eigenvalue weighted by Crippen LogP contribution is -2.30. The first-order chi connectivity index (χ1) is 14.5. The summed E-state index contributed by atoms with van der Waals surface area (Å²) in [6.45, 7) is 0.230. The van der Waals surface area contributed by atoms with E-state index in [0.717, 1.165) is 15.4 Å². The van der Waals surface area contributed by atoms with Crippen molar-refractivity contribution in [3.63, 3.8) is 0 Å². The van der Waals surface area contributed by atoms with E-state index in [1.54, 1.807) is 24.3 Å². The fourth-order valence-electron chi connectivity index (χ4n) is 2.86. The van der Waals surface area contributed by atoms with Crippen molar-refractivity contribution in [2.75, 3.05) is 0 Å². The number of carbonyl (C=O) groups excluding carboxylic acids is 2. The summed E-state index contributed by atoms with van der Waals surface area (Å²) in [5, 5.41) is 1.23. The normalized spacial score (nSPS) is 14.0. The van der Waals surface area contributed by atoms with Crippen LogP contribution in [-0.2, 0) is 16.1 Å². The number of carbonyl (C=O) groups is 2. The Labute approximate surface area is 193 Å². The number of halogens is 2. The first kappa shape index (κ1) is 21.1. The second-order valence-corrected chi connectivity index (χ2v) is 9.49. The number of imide groups is 1. The Hall–Kier alpha value is -2.18. The van der Waals surface area contributed by atoms with Gasteiger partial charge < -0.3 is 0 Å². The monoisotopic (exact) mass is 471 g/mol. The van der Waals surface area contributed by atoms with E-state index in [0.29, 0.717) is 19.9 Å². The molecule has 0 saturated carbocycles. The van der Waals surface area contributed by atoms with Gasteiger partial charge in [0.15, 0.2) is 0 Å². The second kappa shape index (κ2) is 9.31. The predicted molar refractivity (Wildman–Crippen MR) is 124 cm³/mol. The zero-order valence-electron chi connectivity index (χ0n) is 15.5. The van der Waals surface area contributed by atoms with E-state index in [9.17, 15) is 9.59 Å². The number of nitrogens with zero attached hydrogens (tertiary/aromatic N) is 1. The number of thioether (sulfide) groups is 2. The molecule has 3 nitrogen and oxygen atoms in total. The van der Waals surface area contributed by atoms with Gasteiger partial charge in [-0.3, -0.25) is 14.5 Å². The van der Waals surface area contributed by atoms with Crippen molar-refractivity contribution in [3.05, 3.63) is 104 Å². The SMILES string of the molecule is O=C1C(Sc2ccc(Cl)cc2)=C(Sc2ccc(Cl)cc2)C(=O)N1Cc1ccccc1. The van der Waals surface area contributed by atoms with Gasteiger partial charge in [0.25, 0.3) is 11.8 Å². The molecule has 0 fully saturated rings. The molecule has 0 radical (unpaired) electrons. The summed E-state index contributed by atoms with van der Waals surface area (Å²) in [5.74, 6) is -0.583. The molecule has 150 valence electrons. The van der Waals surface area contributed by atoms with Crippen LogP contribution in [0.2, 0.25) is 10.0 Å². The molecule has 1 aliphatic rings. The van der Waals surface area contributed by atoms with Crippen LogP contribution >= 0.6 is 46.7 Å². The topological polar surface area (TPSA) is 37.4 Å². The maximum Gasteiger partial charge on any atom is 0.269 e. The van der Waals surface area contributed by atoms with Crippen LogP contribution in [0.15, 0.2) is 98.5 Å². The van der Waals surface area contributed by atoms with Gasteiger partial charge in [0.1, 0.15) is 0 Å². The quantitative estimate of drug-likeness (QED) is 0.376. The van der Waals surface area contributed by atoms with E-state index in [-0.39, 0.29) is 18.4 Å². The van der Waals surface area contributed by atoms with Gasteiger partial charge in [-0.05, 0) is 54.1 Å². The molecule has 30 heavy (non-hydrogen) atoms. The molecule has 0 unspecified atom stereocenters. The molecule has 1 aliphatic heterocycles. The van der Waals surface area contributed by atoms with Gasteiger partial charge in [0.2, 0.25) is 0 Å². The van der Waals surface area contributed by atoms with Crippen molar-refractivity contribution in [1.82, 2.24) is 4.90 Å². The maximum absolute atomic E-state index is 13.2. The largest absolute Gasteiger partial charge is 0.269 e. The summed E-state index contributed by atoms with van der Waals surface area (Å²) in [6.07, 6.45) is 0. The van der Waals surface area contributed by atoms with Crippen LogP contribution in [0.25, 0.3) is 0 Å². The highest BCUT2D eigenvalue weighted by molar-refractivity contribution is 8.08. The van der Waals surface area contributed by atoms with Crippen LogP contribution in [0.3, 0.4) is 0 Å². The molecule has 0 spiro atoms. The fourth-order valence-corrected chi connectivity index (χ4v) is 5.13. The summed E-state index contributed by atoms with van der Waals surface area (Å²) in [6, 6.07) is 23.9. The average molecular weight is 472 g/mol. The smallest absolute Gasteiger partial charge is 0.269 e. The summed E-state index contributed by atoms with van der Waals surface area (Å²) < 4.78 is 0. The maximum atomic E-state index is 13.2. The standard InChI is InChI=1S/C23H15Cl2NO2S2/c24-16-6-10-18(11-7-16)29-20-21(30-19-12-8-17(25)9-13-19)23(28)26(22(20)27)14-15-4-2-1-3-5-15/h1-13H,14H2. The number of benzene rings is 3. The molecular formula is C23H15Cl2NO2S2. The molecule has 4 rings (SSSR count). The van der Waals surface area contributed by atoms with E-state index in [4.69, 9.17) is 23.2 Å². The number of hydrogen-bond acceptors (Lipinski definition) is 4. The highest BCUT2D eigenvalue weighted by Crippen LogP contribution is 2.43. The predicted octanol–water partition coefficient (Wildman–Crippen LogP) is 6.66. The van der Waals surface area contributed by atoms with Gasteiger partial charge >= 0.3 is 0 Å². The molecule has 0 N–H and O–H groups in total. The van der Waals surface area contributed by atoms with E-state index in [1.807, 2.05) is 54.6 Å². The minimum atomic E-state index is -0.291. The molecule has 3 aromatic rings. The summed E-state index contributed by atoms with van der Waals surface area (Å²) in [7, 11) is 0. The molecule has 0 aliphatic carbocycles. The Morgan fingerprint density at radius 2 is 1.07 bits per heavy atom. The van der Waals surface area contributed by atoms with Crippen LogP contribution in [-0.4, -0.2) is 16.7 Å². The van der Waals surface area contributed by atoms with Crippen LogP contribution in [0, 0.1) is 0 Å². The van der Waals surface area contributed by atoms with Crippen molar-refractivity contribution >= 4 is 58.5 Å². The summed E-state index contributed by atoms with van der Waals surface area (Å²) in [5.41, 5.74) is 0.896. The van der Waals surface area contributed by atoms with Gasteiger partial charge in [-0.1, -0.05) is 77.1 Å². The van der Waals surface area contributed by atoms with Crippen LogP contribution in [0.4, 0.5) is 0 Å². The van der Waals surface area contributed by atoms with Gasteiger partial charge in [-0.25, -0.2) is 0 Å².